The highest BCUT2D eigenvalue weighted by Crippen LogP contribution is 2.63. The molecule has 0 nitrogen and oxygen atoms in total. The Kier molecular flexibility index (Phi) is 10.2. The van der Waals surface area contributed by atoms with E-state index in [4.69, 9.17) is 0 Å². The number of fused-ring (bicyclic) bond motifs is 2. The first-order chi connectivity index (χ1) is 13.5. The van der Waals surface area contributed by atoms with Crippen molar-refractivity contribution in [2.75, 3.05) is 0 Å². The largest absolute Gasteiger partial charge is 0.103 e. The standard InChI is InChI=1S/C24H42.C3H6.C2H6/c1-18(14-23(6)11-7-8-12-23)15-24(19(2)16-22(3,4)5)17-20-9-10-21(24)13-20;1-3-2;1-2/h19-21H,1,7-17H2,2-6H3;3H,1H2,2H3;1-2H3. The Morgan fingerprint density at radius 2 is 1.66 bits per heavy atom. The molecule has 0 heterocycles. The number of hydrogen-bond acceptors (Lipinski definition) is 0. The van der Waals surface area contributed by atoms with Crippen molar-refractivity contribution in [2.24, 2.45) is 34.0 Å². The first kappa shape index (κ1) is 26.5. The normalized spacial score (nSPS) is 30.6. The van der Waals surface area contributed by atoms with Crippen LogP contribution in [0.5, 0.6) is 0 Å². The van der Waals surface area contributed by atoms with E-state index < -0.39 is 0 Å². The van der Waals surface area contributed by atoms with E-state index >= 15 is 0 Å². The Hall–Kier alpha value is -0.520. The van der Waals surface area contributed by atoms with Crippen LogP contribution in [0.15, 0.2) is 24.8 Å². The van der Waals surface area contributed by atoms with Crippen LogP contribution in [0.25, 0.3) is 0 Å². The minimum Gasteiger partial charge on any atom is -0.103 e. The summed E-state index contributed by atoms with van der Waals surface area (Å²) >= 11 is 0. The number of rotatable bonds is 6. The molecule has 0 saturated heterocycles. The lowest BCUT2D eigenvalue weighted by molar-refractivity contribution is 0.0544. The monoisotopic (exact) mass is 402 g/mol. The molecule has 0 aromatic rings. The third-order valence-electron chi connectivity index (χ3n) is 7.99. The Morgan fingerprint density at radius 3 is 2.07 bits per heavy atom. The molecule has 0 aromatic carbocycles. The zero-order valence-electron chi connectivity index (χ0n) is 21.5. The second-order valence-corrected chi connectivity index (χ2v) is 12.0. The summed E-state index contributed by atoms with van der Waals surface area (Å²) in [6, 6.07) is 0. The second kappa shape index (κ2) is 11.2. The third kappa shape index (κ3) is 7.29. The van der Waals surface area contributed by atoms with Gasteiger partial charge in [-0.1, -0.05) is 86.0 Å². The molecule has 3 fully saturated rings. The van der Waals surface area contributed by atoms with Gasteiger partial charge in [-0.3, -0.25) is 0 Å². The topological polar surface area (TPSA) is 0 Å². The van der Waals surface area contributed by atoms with E-state index in [2.05, 4.69) is 47.8 Å². The van der Waals surface area contributed by atoms with E-state index in [0.29, 0.717) is 16.2 Å². The average Bonchev–Trinajstić information content (AvgIpc) is 3.32. The predicted octanol–water partition coefficient (Wildman–Crippen LogP) is 10.0. The number of hydrogen-bond donors (Lipinski definition) is 0. The van der Waals surface area contributed by atoms with Crippen molar-refractivity contribution in [2.45, 2.75) is 126 Å². The van der Waals surface area contributed by atoms with Crippen molar-refractivity contribution in [1.82, 2.24) is 0 Å². The van der Waals surface area contributed by atoms with Crippen LogP contribution >= 0.6 is 0 Å². The van der Waals surface area contributed by atoms with E-state index in [-0.39, 0.29) is 0 Å². The first-order valence-corrected chi connectivity index (χ1v) is 12.8. The first-order valence-electron chi connectivity index (χ1n) is 12.8. The molecule has 29 heavy (non-hydrogen) atoms. The molecule has 0 amide bonds. The van der Waals surface area contributed by atoms with E-state index in [0.717, 1.165) is 17.8 Å². The van der Waals surface area contributed by atoms with Gasteiger partial charge in [0.2, 0.25) is 0 Å². The molecule has 2 bridgehead atoms. The van der Waals surface area contributed by atoms with E-state index in [1.165, 1.54) is 70.6 Å². The quantitative estimate of drug-likeness (QED) is 0.388. The maximum atomic E-state index is 4.63. The third-order valence-corrected chi connectivity index (χ3v) is 7.99. The van der Waals surface area contributed by atoms with Gasteiger partial charge in [0.1, 0.15) is 0 Å². The Labute approximate surface area is 185 Å². The molecule has 3 aliphatic rings. The maximum Gasteiger partial charge on any atom is -0.0204 e. The molecule has 170 valence electrons. The molecule has 0 radical (unpaired) electrons. The van der Waals surface area contributed by atoms with Crippen molar-refractivity contribution in [3.63, 3.8) is 0 Å². The molecule has 0 aromatic heterocycles. The molecule has 0 spiro atoms. The van der Waals surface area contributed by atoms with Gasteiger partial charge in [0.15, 0.2) is 0 Å². The van der Waals surface area contributed by atoms with Gasteiger partial charge in [-0.05, 0) is 92.3 Å². The Morgan fingerprint density at radius 1 is 1.10 bits per heavy atom. The lowest BCUT2D eigenvalue weighted by Gasteiger charge is -2.46. The molecule has 4 unspecified atom stereocenters. The Bertz CT molecular complexity index is 499. The smallest absolute Gasteiger partial charge is 0.0204 e. The SMILES string of the molecule is C=C(CC1(C)CCCC1)CC1(C(C)CC(C)(C)C)CC2CCC1C2.C=CC.CC. The minimum absolute atomic E-state index is 0.451. The van der Waals surface area contributed by atoms with Crippen molar-refractivity contribution < 1.29 is 0 Å². The van der Waals surface area contributed by atoms with Crippen molar-refractivity contribution in [3.05, 3.63) is 24.8 Å². The second-order valence-electron chi connectivity index (χ2n) is 12.0. The summed E-state index contributed by atoms with van der Waals surface area (Å²) in [6.45, 7) is 26.3. The van der Waals surface area contributed by atoms with Gasteiger partial charge in [-0.25, -0.2) is 0 Å². The van der Waals surface area contributed by atoms with Crippen LogP contribution in [0.4, 0.5) is 0 Å². The van der Waals surface area contributed by atoms with Crippen LogP contribution in [-0.4, -0.2) is 0 Å². The Balaban J connectivity index is 0.000000771. The minimum atomic E-state index is 0.451. The molecule has 0 N–H and O–H groups in total. The fraction of sp³-hybridized carbons (Fsp3) is 0.862. The van der Waals surface area contributed by atoms with Crippen LogP contribution in [0.3, 0.4) is 0 Å². The van der Waals surface area contributed by atoms with Crippen molar-refractivity contribution >= 4 is 0 Å². The van der Waals surface area contributed by atoms with Crippen LogP contribution in [-0.2, 0) is 0 Å². The fourth-order valence-corrected chi connectivity index (χ4v) is 7.14. The summed E-state index contributed by atoms with van der Waals surface area (Å²) in [5.41, 5.74) is 3.20. The highest BCUT2D eigenvalue weighted by Gasteiger charge is 2.53. The van der Waals surface area contributed by atoms with E-state index in [9.17, 15) is 0 Å². The van der Waals surface area contributed by atoms with Gasteiger partial charge in [-0.2, -0.15) is 0 Å². The lowest BCUT2D eigenvalue weighted by atomic mass is 9.59. The summed E-state index contributed by atoms with van der Waals surface area (Å²) in [6.07, 6.45) is 17.6. The number of allylic oxidation sites excluding steroid dienone is 2. The van der Waals surface area contributed by atoms with Crippen LogP contribution in [0.2, 0.25) is 0 Å². The molecule has 4 atom stereocenters. The highest BCUT2D eigenvalue weighted by atomic mass is 14.6. The van der Waals surface area contributed by atoms with Gasteiger partial charge in [0.25, 0.3) is 0 Å². The molecule has 3 rings (SSSR count). The van der Waals surface area contributed by atoms with Gasteiger partial charge in [0.05, 0.1) is 0 Å². The summed E-state index contributed by atoms with van der Waals surface area (Å²) in [5, 5.41) is 0. The van der Waals surface area contributed by atoms with E-state index in [1.54, 1.807) is 11.6 Å². The highest BCUT2D eigenvalue weighted by molar-refractivity contribution is 5.12. The van der Waals surface area contributed by atoms with Crippen LogP contribution < -0.4 is 0 Å². The van der Waals surface area contributed by atoms with Gasteiger partial charge in [-0.15, -0.1) is 6.58 Å². The van der Waals surface area contributed by atoms with Gasteiger partial charge in [0, 0.05) is 0 Å². The molecule has 0 aliphatic heterocycles. The molecule has 3 aliphatic carbocycles. The average molecular weight is 403 g/mol. The fourth-order valence-electron chi connectivity index (χ4n) is 7.14. The maximum absolute atomic E-state index is 4.63. The summed E-state index contributed by atoms with van der Waals surface area (Å²) in [5.74, 6) is 2.88. The molecule has 0 heteroatoms. The zero-order valence-corrected chi connectivity index (χ0v) is 21.5. The molecule has 3 saturated carbocycles. The van der Waals surface area contributed by atoms with Crippen molar-refractivity contribution in [3.8, 4) is 0 Å². The zero-order chi connectivity index (χ0) is 22.3. The predicted molar refractivity (Wildman–Crippen MR) is 133 cm³/mol. The van der Waals surface area contributed by atoms with Crippen LogP contribution in [0, 0.1) is 34.0 Å². The lowest BCUT2D eigenvalue weighted by Crippen LogP contribution is -2.37. The molecular formula is C29H54. The van der Waals surface area contributed by atoms with E-state index in [1.807, 2.05) is 20.8 Å². The molecular weight excluding hydrogens is 348 g/mol. The van der Waals surface area contributed by atoms with Crippen LogP contribution in [0.1, 0.15) is 126 Å². The summed E-state index contributed by atoms with van der Waals surface area (Å²) in [4.78, 5) is 0. The van der Waals surface area contributed by atoms with Gasteiger partial charge < -0.3 is 0 Å². The van der Waals surface area contributed by atoms with Gasteiger partial charge >= 0.3 is 0 Å². The summed E-state index contributed by atoms with van der Waals surface area (Å²) < 4.78 is 0. The van der Waals surface area contributed by atoms with Crippen molar-refractivity contribution in [1.29, 1.82) is 0 Å². The summed E-state index contributed by atoms with van der Waals surface area (Å²) in [7, 11) is 0.